The van der Waals surface area contributed by atoms with Crippen molar-refractivity contribution < 1.29 is 22.2 Å². The van der Waals surface area contributed by atoms with E-state index in [4.69, 9.17) is 4.55 Å². The van der Waals surface area contributed by atoms with Gasteiger partial charge in [0.25, 0.3) is 11.2 Å². The van der Waals surface area contributed by atoms with Crippen LogP contribution in [0.3, 0.4) is 0 Å². The summed E-state index contributed by atoms with van der Waals surface area (Å²) in [7, 11) is -4.95. The number of nitro benzene ring substituents is 1. The summed E-state index contributed by atoms with van der Waals surface area (Å²) in [5, 5.41) is 14.6. The quantitative estimate of drug-likeness (QED) is 0.299. The van der Waals surface area contributed by atoms with Gasteiger partial charge in [-0.25, -0.2) is 14.3 Å². The standard InChI is InChI=1S/C14H7N5O7S/c20-14-8-2-1-5-15-12(8)16-13-11(17-26-27(23,24)25)9-6-7(19(21)22)3-4-10(9)18(13)14/h1-6H,(H,23,24,25). The summed E-state index contributed by atoms with van der Waals surface area (Å²) in [5.41, 5.74) is -0.844. The fourth-order valence-corrected chi connectivity index (χ4v) is 2.89. The molecule has 3 heterocycles. The minimum absolute atomic E-state index is 0.0350. The largest absolute Gasteiger partial charge is 0.466 e. The van der Waals surface area contributed by atoms with Crippen molar-refractivity contribution in [2.24, 2.45) is 5.16 Å². The number of non-ortho nitro benzene ring substituents is 1. The second-order valence-electron chi connectivity index (χ2n) is 5.35. The van der Waals surface area contributed by atoms with Crippen LogP contribution in [0.25, 0.3) is 16.7 Å². The van der Waals surface area contributed by atoms with Crippen molar-refractivity contribution in [3.63, 3.8) is 0 Å². The highest BCUT2D eigenvalue weighted by Gasteiger charge is 2.32. The molecule has 0 spiro atoms. The Morgan fingerprint density at radius 2 is 2.07 bits per heavy atom. The minimum atomic E-state index is -4.95. The summed E-state index contributed by atoms with van der Waals surface area (Å²) in [4.78, 5) is 31.4. The van der Waals surface area contributed by atoms with E-state index in [1.54, 1.807) is 6.07 Å². The Kier molecular flexibility index (Phi) is 3.50. The lowest BCUT2D eigenvalue weighted by atomic mass is 10.1. The summed E-state index contributed by atoms with van der Waals surface area (Å²) < 4.78 is 35.7. The van der Waals surface area contributed by atoms with Crippen molar-refractivity contribution in [2.45, 2.75) is 0 Å². The van der Waals surface area contributed by atoms with Gasteiger partial charge in [-0.3, -0.25) is 24.0 Å². The number of fused-ring (bicyclic) bond motifs is 4. The first kappa shape index (κ1) is 16.7. The average Bonchev–Trinajstić information content (AvgIpc) is 2.92. The number of pyridine rings is 1. The highest BCUT2D eigenvalue weighted by molar-refractivity contribution is 7.80. The Labute approximate surface area is 149 Å². The molecular formula is C14H7N5O7S. The molecule has 1 N–H and O–H groups in total. The maximum absolute atomic E-state index is 12.8. The van der Waals surface area contributed by atoms with Gasteiger partial charge in [-0.05, 0) is 18.2 Å². The Morgan fingerprint density at radius 1 is 1.30 bits per heavy atom. The van der Waals surface area contributed by atoms with Gasteiger partial charge in [0.1, 0.15) is 0 Å². The molecular weight excluding hydrogens is 382 g/mol. The molecule has 136 valence electrons. The first-order valence-electron chi connectivity index (χ1n) is 7.17. The van der Waals surface area contributed by atoms with E-state index in [-0.39, 0.29) is 39.5 Å². The lowest BCUT2D eigenvalue weighted by Crippen LogP contribution is -2.22. The SMILES string of the molecule is O=c1c2cccnc2nc2n1-c1ccc([N+](=O)[O-])cc1C2=NOS(=O)(=O)O. The molecule has 27 heavy (non-hydrogen) atoms. The van der Waals surface area contributed by atoms with Crippen LogP contribution < -0.4 is 5.56 Å². The van der Waals surface area contributed by atoms with Gasteiger partial charge in [0.15, 0.2) is 17.2 Å². The van der Waals surface area contributed by atoms with Crippen molar-refractivity contribution in [3.8, 4) is 5.69 Å². The smallest absolute Gasteiger partial charge is 0.268 e. The Balaban J connectivity index is 2.08. The number of hydrogen-bond acceptors (Lipinski definition) is 9. The summed E-state index contributed by atoms with van der Waals surface area (Å²) in [6, 6.07) is 6.61. The Bertz CT molecular complexity index is 1330. The number of nitro groups is 1. The van der Waals surface area contributed by atoms with Crippen molar-refractivity contribution in [2.75, 3.05) is 0 Å². The molecule has 0 bridgehead atoms. The molecule has 0 saturated heterocycles. The minimum Gasteiger partial charge on any atom is -0.268 e. The first-order valence-corrected chi connectivity index (χ1v) is 8.54. The van der Waals surface area contributed by atoms with Gasteiger partial charge in [-0.2, -0.15) is 8.42 Å². The molecule has 0 amide bonds. The molecule has 0 radical (unpaired) electrons. The van der Waals surface area contributed by atoms with Gasteiger partial charge in [0.2, 0.25) is 0 Å². The average molecular weight is 389 g/mol. The Hall–Kier alpha value is -3.71. The molecule has 0 unspecified atom stereocenters. The zero-order valence-electron chi connectivity index (χ0n) is 13.0. The zero-order valence-corrected chi connectivity index (χ0v) is 13.8. The number of benzene rings is 1. The molecule has 13 heteroatoms. The third kappa shape index (κ3) is 2.70. The van der Waals surface area contributed by atoms with Gasteiger partial charge in [-0.1, -0.05) is 5.16 Å². The summed E-state index contributed by atoms with van der Waals surface area (Å²) in [5.74, 6) is -0.134. The molecule has 1 aliphatic rings. The normalized spacial score (nSPS) is 14.2. The molecule has 0 aliphatic carbocycles. The predicted octanol–water partition coefficient (Wildman–Crippen LogP) is 0.574. The molecule has 3 aromatic rings. The second-order valence-corrected chi connectivity index (χ2v) is 6.36. The predicted molar refractivity (Wildman–Crippen MR) is 90.1 cm³/mol. The number of oxime groups is 1. The van der Waals surface area contributed by atoms with Crippen LogP contribution in [0.5, 0.6) is 0 Å². The van der Waals surface area contributed by atoms with Crippen LogP contribution in [0.15, 0.2) is 46.5 Å². The molecule has 4 rings (SSSR count). The lowest BCUT2D eigenvalue weighted by Gasteiger charge is -2.04. The molecule has 12 nitrogen and oxygen atoms in total. The molecule has 0 saturated carbocycles. The second kappa shape index (κ2) is 5.65. The van der Waals surface area contributed by atoms with Gasteiger partial charge >= 0.3 is 10.4 Å². The highest BCUT2D eigenvalue weighted by Crippen LogP contribution is 2.30. The molecule has 1 aliphatic heterocycles. The van der Waals surface area contributed by atoms with Crippen LogP contribution in [0.1, 0.15) is 11.4 Å². The summed E-state index contributed by atoms with van der Waals surface area (Å²) in [6.45, 7) is 0. The highest BCUT2D eigenvalue weighted by atomic mass is 32.3. The van der Waals surface area contributed by atoms with Gasteiger partial charge in [0, 0.05) is 23.9 Å². The van der Waals surface area contributed by atoms with Crippen LogP contribution in [0, 0.1) is 10.1 Å². The maximum Gasteiger partial charge on any atom is 0.466 e. The lowest BCUT2D eigenvalue weighted by molar-refractivity contribution is -0.384. The molecule has 1 aromatic carbocycles. The first-order chi connectivity index (χ1) is 12.8. The van der Waals surface area contributed by atoms with Crippen molar-refractivity contribution in [1.82, 2.24) is 14.5 Å². The number of aromatic nitrogens is 3. The number of rotatable bonds is 3. The van der Waals surface area contributed by atoms with E-state index in [1.807, 2.05) is 0 Å². The Morgan fingerprint density at radius 3 is 2.78 bits per heavy atom. The van der Waals surface area contributed by atoms with Gasteiger partial charge < -0.3 is 0 Å². The van der Waals surface area contributed by atoms with Crippen molar-refractivity contribution in [3.05, 3.63) is 68.4 Å². The van der Waals surface area contributed by atoms with E-state index < -0.39 is 20.9 Å². The van der Waals surface area contributed by atoms with E-state index in [9.17, 15) is 23.3 Å². The van der Waals surface area contributed by atoms with E-state index in [0.29, 0.717) is 0 Å². The van der Waals surface area contributed by atoms with Crippen LogP contribution in [0.2, 0.25) is 0 Å². The summed E-state index contributed by atoms with van der Waals surface area (Å²) in [6.07, 6.45) is 1.41. The van der Waals surface area contributed by atoms with E-state index in [1.165, 1.54) is 24.4 Å². The topological polar surface area (TPSA) is 167 Å². The van der Waals surface area contributed by atoms with Crippen LogP contribution in [-0.4, -0.2) is 38.1 Å². The molecule has 2 aromatic heterocycles. The van der Waals surface area contributed by atoms with Crippen LogP contribution in [-0.2, 0) is 14.7 Å². The van der Waals surface area contributed by atoms with E-state index >= 15 is 0 Å². The third-order valence-corrected chi connectivity index (χ3v) is 4.03. The van der Waals surface area contributed by atoms with Crippen molar-refractivity contribution >= 4 is 32.8 Å². The van der Waals surface area contributed by atoms with E-state index in [0.717, 1.165) is 10.6 Å². The monoisotopic (exact) mass is 389 g/mol. The molecule has 0 atom stereocenters. The fraction of sp³-hybridized carbons (Fsp3) is 0. The summed E-state index contributed by atoms with van der Waals surface area (Å²) >= 11 is 0. The van der Waals surface area contributed by atoms with Crippen molar-refractivity contribution in [1.29, 1.82) is 0 Å². The zero-order chi connectivity index (χ0) is 19.3. The van der Waals surface area contributed by atoms with E-state index in [2.05, 4.69) is 19.4 Å². The van der Waals surface area contributed by atoms with Crippen LogP contribution >= 0.6 is 0 Å². The fourth-order valence-electron chi connectivity index (χ4n) is 2.72. The van der Waals surface area contributed by atoms with Crippen LogP contribution in [0.4, 0.5) is 5.69 Å². The maximum atomic E-state index is 12.8. The number of hydrogen-bond donors (Lipinski definition) is 1. The third-order valence-electron chi connectivity index (χ3n) is 3.77. The van der Waals surface area contributed by atoms with Gasteiger partial charge in [-0.15, -0.1) is 0 Å². The number of nitrogens with zero attached hydrogens (tertiary/aromatic N) is 5. The molecule has 0 fully saturated rings. The van der Waals surface area contributed by atoms with Gasteiger partial charge in [0.05, 0.1) is 16.0 Å².